The van der Waals surface area contributed by atoms with Gasteiger partial charge in [0.15, 0.2) is 0 Å². The van der Waals surface area contributed by atoms with Gasteiger partial charge in [0.05, 0.1) is 0 Å². The van der Waals surface area contributed by atoms with Crippen molar-refractivity contribution in [1.82, 2.24) is 0 Å². The predicted molar refractivity (Wildman–Crippen MR) is 114 cm³/mol. The molecule has 150 valence electrons. The van der Waals surface area contributed by atoms with Crippen molar-refractivity contribution in [2.75, 3.05) is 0 Å². The highest BCUT2D eigenvalue weighted by Gasteiger charge is 2.55. The summed E-state index contributed by atoms with van der Waals surface area (Å²) in [6, 6.07) is 0. The van der Waals surface area contributed by atoms with Crippen LogP contribution in [0.1, 0.15) is 128 Å². The lowest BCUT2D eigenvalue weighted by molar-refractivity contribution is 0.119. The molecule has 0 atom stereocenters. The number of hydrogen-bond acceptors (Lipinski definition) is 1. The predicted octanol–water partition coefficient (Wildman–Crippen LogP) is 8.28. The molecule has 0 aromatic carbocycles. The molecule has 0 aromatic rings. The Balaban J connectivity index is 1.64. The van der Waals surface area contributed by atoms with Gasteiger partial charge < -0.3 is 4.43 Å². The molecular weight excluding hydrogens is 332 g/mol. The molecule has 0 aromatic heterocycles. The molecule has 0 N–H and O–H groups in total. The quantitative estimate of drug-likeness (QED) is 0.438. The van der Waals surface area contributed by atoms with E-state index in [4.69, 9.17) is 4.43 Å². The molecule has 4 saturated carbocycles. The van der Waals surface area contributed by atoms with Crippen LogP contribution in [-0.2, 0) is 4.43 Å². The smallest absolute Gasteiger partial charge is 0.202 e. The standard InChI is InChI=1S/C24H44OSi/c1-5-13-21(14-6-1)25-26(22-15-7-2-8-16-22,23-17-9-3-10-18-23)24-19-11-4-12-20-24/h21-24H,1-20H2. The monoisotopic (exact) mass is 376 g/mol. The Bertz CT molecular complexity index is 353. The van der Waals surface area contributed by atoms with Crippen LogP contribution in [0.4, 0.5) is 0 Å². The zero-order chi connectivity index (χ0) is 17.7. The first kappa shape index (κ1) is 19.5. The molecule has 0 radical (unpaired) electrons. The topological polar surface area (TPSA) is 9.23 Å². The van der Waals surface area contributed by atoms with E-state index < -0.39 is 8.32 Å². The van der Waals surface area contributed by atoms with Crippen molar-refractivity contribution >= 4 is 8.32 Å². The van der Waals surface area contributed by atoms with Gasteiger partial charge in [-0.2, -0.15) is 0 Å². The van der Waals surface area contributed by atoms with Crippen LogP contribution in [-0.4, -0.2) is 14.4 Å². The Morgan fingerprint density at radius 1 is 0.385 bits per heavy atom. The molecule has 2 heteroatoms. The van der Waals surface area contributed by atoms with E-state index in [1.807, 2.05) is 0 Å². The van der Waals surface area contributed by atoms with E-state index in [9.17, 15) is 0 Å². The largest absolute Gasteiger partial charge is 0.413 e. The third-order valence-electron chi connectivity index (χ3n) is 8.65. The Labute approximate surface area is 164 Å². The maximum Gasteiger partial charge on any atom is 0.202 e. The summed E-state index contributed by atoms with van der Waals surface area (Å²) < 4.78 is 7.64. The summed E-state index contributed by atoms with van der Waals surface area (Å²) in [5.41, 5.74) is 3.05. The summed E-state index contributed by atoms with van der Waals surface area (Å²) in [5.74, 6) is 0. The maximum absolute atomic E-state index is 7.64. The van der Waals surface area contributed by atoms with E-state index in [-0.39, 0.29) is 0 Å². The average molecular weight is 377 g/mol. The molecule has 26 heavy (non-hydrogen) atoms. The van der Waals surface area contributed by atoms with E-state index in [0.29, 0.717) is 6.10 Å². The van der Waals surface area contributed by atoms with Crippen LogP contribution in [0, 0.1) is 0 Å². The van der Waals surface area contributed by atoms with Crippen LogP contribution in [0.15, 0.2) is 0 Å². The minimum absolute atomic E-state index is 0.654. The fourth-order valence-corrected chi connectivity index (χ4v) is 14.7. The maximum atomic E-state index is 7.64. The lowest BCUT2D eigenvalue weighted by Crippen LogP contribution is -2.55. The van der Waals surface area contributed by atoms with Gasteiger partial charge in [-0.05, 0) is 29.5 Å². The molecule has 0 spiro atoms. The lowest BCUT2D eigenvalue weighted by atomic mass is 9.98. The van der Waals surface area contributed by atoms with Crippen LogP contribution < -0.4 is 0 Å². The van der Waals surface area contributed by atoms with Gasteiger partial charge in [0.2, 0.25) is 8.32 Å². The first-order chi connectivity index (χ1) is 12.9. The van der Waals surface area contributed by atoms with Crippen molar-refractivity contribution in [1.29, 1.82) is 0 Å². The molecule has 4 aliphatic carbocycles. The fraction of sp³-hybridized carbons (Fsp3) is 1.00. The molecule has 0 aliphatic heterocycles. The van der Waals surface area contributed by atoms with E-state index >= 15 is 0 Å². The average Bonchev–Trinajstić information content (AvgIpc) is 2.75. The number of rotatable bonds is 5. The van der Waals surface area contributed by atoms with Crippen molar-refractivity contribution in [3.8, 4) is 0 Å². The van der Waals surface area contributed by atoms with Crippen molar-refractivity contribution < 1.29 is 4.43 Å². The van der Waals surface area contributed by atoms with Gasteiger partial charge in [-0.1, -0.05) is 116 Å². The molecule has 4 aliphatic rings. The van der Waals surface area contributed by atoms with Crippen molar-refractivity contribution in [3.05, 3.63) is 0 Å². The summed E-state index contributed by atoms with van der Waals surface area (Å²) in [6.45, 7) is 0. The highest BCUT2D eigenvalue weighted by molar-refractivity contribution is 6.78. The first-order valence-electron chi connectivity index (χ1n) is 12.6. The lowest BCUT2D eigenvalue weighted by Gasteiger charge is -2.54. The summed E-state index contributed by atoms with van der Waals surface area (Å²) in [7, 11) is -1.68. The third kappa shape index (κ3) is 4.27. The molecule has 0 heterocycles. The van der Waals surface area contributed by atoms with Crippen molar-refractivity contribution in [3.63, 3.8) is 0 Å². The van der Waals surface area contributed by atoms with E-state index in [1.54, 1.807) is 0 Å². The van der Waals surface area contributed by atoms with Crippen molar-refractivity contribution in [2.24, 2.45) is 0 Å². The zero-order valence-corrected chi connectivity index (χ0v) is 18.4. The molecule has 0 bridgehead atoms. The molecule has 0 amide bonds. The minimum Gasteiger partial charge on any atom is -0.413 e. The normalized spacial score (nSPS) is 29.1. The minimum atomic E-state index is -1.68. The Hall–Kier alpha value is 0.177. The van der Waals surface area contributed by atoms with Gasteiger partial charge in [-0.25, -0.2) is 0 Å². The summed E-state index contributed by atoms with van der Waals surface area (Å²) in [4.78, 5) is 0. The van der Waals surface area contributed by atoms with Crippen LogP contribution in [0.3, 0.4) is 0 Å². The highest BCUT2D eigenvalue weighted by atomic mass is 28.4. The second kappa shape index (κ2) is 9.59. The fourth-order valence-electron chi connectivity index (χ4n) is 7.42. The van der Waals surface area contributed by atoms with Crippen LogP contribution in [0.5, 0.6) is 0 Å². The second-order valence-corrected chi connectivity index (χ2v) is 14.6. The molecule has 0 unspecified atom stereocenters. The summed E-state index contributed by atoms with van der Waals surface area (Å²) >= 11 is 0. The van der Waals surface area contributed by atoms with Gasteiger partial charge in [0.25, 0.3) is 0 Å². The summed E-state index contributed by atoms with van der Waals surface area (Å²) in [6.07, 6.45) is 30.5. The Morgan fingerprint density at radius 2 is 0.692 bits per heavy atom. The van der Waals surface area contributed by atoms with Gasteiger partial charge in [-0.3, -0.25) is 0 Å². The van der Waals surface area contributed by atoms with E-state index in [0.717, 1.165) is 16.6 Å². The molecule has 4 rings (SSSR count). The second-order valence-electron chi connectivity index (χ2n) is 10.2. The van der Waals surface area contributed by atoms with Crippen LogP contribution in [0.2, 0.25) is 16.6 Å². The first-order valence-corrected chi connectivity index (χ1v) is 14.7. The molecule has 0 saturated heterocycles. The van der Waals surface area contributed by atoms with Gasteiger partial charge >= 0.3 is 0 Å². The van der Waals surface area contributed by atoms with Gasteiger partial charge in [0.1, 0.15) is 0 Å². The van der Waals surface area contributed by atoms with E-state index in [2.05, 4.69) is 0 Å². The third-order valence-corrected chi connectivity index (χ3v) is 15.0. The van der Waals surface area contributed by atoms with Crippen LogP contribution >= 0.6 is 0 Å². The molecule has 1 nitrogen and oxygen atoms in total. The Morgan fingerprint density at radius 3 is 1.04 bits per heavy atom. The summed E-state index contributed by atoms with van der Waals surface area (Å²) in [5, 5.41) is 0. The van der Waals surface area contributed by atoms with Gasteiger partial charge in [0, 0.05) is 6.10 Å². The van der Waals surface area contributed by atoms with Crippen LogP contribution in [0.25, 0.3) is 0 Å². The van der Waals surface area contributed by atoms with Crippen molar-refractivity contribution in [2.45, 2.75) is 151 Å². The SMILES string of the molecule is C1CCC(O[Si](C2CCCCC2)(C2CCCCC2)C2CCCCC2)CC1. The molecule has 4 fully saturated rings. The highest BCUT2D eigenvalue weighted by Crippen LogP contribution is 2.58. The number of hydrogen-bond donors (Lipinski definition) is 0. The molecular formula is C24H44OSi. The Kier molecular flexibility index (Phi) is 7.19. The van der Waals surface area contributed by atoms with Gasteiger partial charge in [-0.15, -0.1) is 0 Å². The van der Waals surface area contributed by atoms with E-state index in [1.165, 1.54) is 128 Å². The zero-order valence-electron chi connectivity index (χ0n) is 17.4.